The van der Waals surface area contributed by atoms with Crippen LogP contribution in [-0.2, 0) is 0 Å². The number of thiophene rings is 1. The molecule has 0 bridgehead atoms. The zero-order valence-electron chi connectivity index (χ0n) is 27.9. The SMILES string of the molecule is c1cc(-c2cccc3c2sc2ccc(-n4c5ccccc5c5ccccc54)cc23)c2oc3ccc(-n4c5ccccc5c5ccccc54)cc3c2c1. The summed E-state index contributed by atoms with van der Waals surface area (Å²) in [6.07, 6.45) is 0. The molecule has 12 aromatic rings. The van der Waals surface area contributed by atoms with E-state index in [9.17, 15) is 0 Å². The number of para-hydroxylation sites is 5. The highest BCUT2D eigenvalue weighted by Crippen LogP contribution is 2.45. The summed E-state index contributed by atoms with van der Waals surface area (Å²) in [4.78, 5) is 0. The first-order valence-electron chi connectivity index (χ1n) is 17.7. The van der Waals surface area contributed by atoms with Crippen LogP contribution in [0, 0.1) is 0 Å². The van der Waals surface area contributed by atoms with Gasteiger partial charge in [-0.25, -0.2) is 0 Å². The molecule has 0 aliphatic heterocycles. The molecule has 0 amide bonds. The molecule has 0 N–H and O–H groups in total. The van der Waals surface area contributed by atoms with Gasteiger partial charge in [-0.1, -0.05) is 109 Å². The van der Waals surface area contributed by atoms with Gasteiger partial charge in [0, 0.05) is 75.0 Å². The third kappa shape index (κ3) is 3.79. The molecule has 52 heavy (non-hydrogen) atoms. The Labute approximate surface area is 301 Å². The van der Waals surface area contributed by atoms with Crippen molar-refractivity contribution in [2.45, 2.75) is 0 Å². The van der Waals surface area contributed by atoms with Crippen LogP contribution in [0.1, 0.15) is 0 Å². The maximum Gasteiger partial charge on any atom is 0.143 e. The fraction of sp³-hybridized carbons (Fsp3) is 0. The van der Waals surface area contributed by atoms with Crippen LogP contribution in [0.25, 0.3) is 108 Å². The summed E-state index contributed by atoms with van der Waals surface area (Å²) < 4.78 is 14.1. The molecule has 0 fully saturated rings. The molecule has 0 atom stereocenters. The van der Waals surface area contributed by atoms with Gasteiger partial charge in [-0.05, 0) is 60.7 Å². The van der Waals surface area contributed by atoms with E-state index < -0.39 is 0 Å². The van der Waals surface area contributed by atoms with Crippen LogP contribution in [0.4, 0.5) is 0 Å². The van der Waals surface area contributed by atoms with Crippen LogP contribution in [-0.4, -0.2) is 9.13 Å². The molecule has 8 aromatic carbocycles. The van der Waals surface area contributed by atoms with Crippen molar-refractivity contribution in [3.05, 3.63) is 170 Å². The number of nitrogens with zero attached hydrogens (tertiary/aromatic N) is 2. The number of rotatable bonds is 3. The first kappa shape index (κ1) is 28.1. The number of hydrogen-bond acceptors (Lipinski definition) is 2. The molecule has 0 aliphatic carbocycles. The molecule has 4 heteroatoms. The Balaban J connectivity index is 1.04. The van der Waals surface area contributed by atoms with Gasteiger partial charge in [0.1, 0.15) is 11.2 Å². The third-order valence-electron chi connectivity index (χ3n) is 10.9. The van der Waals surface area contributed by atoms with E-state index in [0.29, 0.717) is 0 Å². The fourth-order valence-electron chi connectivity index (χ4n) is 8.68. The summed E-state index contributed by atoms with van der Waals surface area (Å²) in [7, 11) is 0. The second kappa shape index (κ2) is 10.5. The second-order valence-electron chi connectivity index (χ2n) is 13.7. The summed E-state index contributed by atoms with van der Waals surface area (Å²) in [5, 5.41) is 9.86. The Morgan fingerprint density at radius 1 is 0.365 bits per heavy atom. The van der Waals surface area contributed by atoms with E-state index in [1.165, 1.54) is 75.0 Å². The van der Waals surface area contributed by atoms with E-state index in [2.05, 4.69) is 179 Å². The van der Waals surface area contributed by atoms with Gasteiger partial charge >= 0.3 is 0 Å². The molecule has 242 valence electrons. The van der Waals surface area contributed by atoms with Gasteiger partial charge in [0.2, 0.25) is 0 Å². The summed E-state index contributed by atoms with van der Waals surface area (Å²) in [6, 6.07) is 61.6. The lowest BCUT2D eigenvalue weighted by Gasteiger charge is -2.08. The quantitative estimate of drug-likeness (QED) is 0.182. The average molecular weight is 681 g/mol. The van der Waals surface area contributed by atoms with Crippen molar-refractivity contribution in [3.8, 4) is 22.5 Å². The van der Waals surface area contributed by atoms with E-state index in [0.717, 1.165) is 33.2 Å². The average Bonchev–Trinajstić information content (AvgIpc) is 3.95. The Bertz CT molecular complexity index is 3090. The van der Waals surface area contributed by atoms with Gasteiger partial charge in [0.15, 0.2) is 0 Å². The van der Waals surface area contributed by atoms with Crippen molar-refractivity contribution < 1.29 is 4.42 Å². The Hall–Kier alpha value is -6.62. The minimum absolute atomic E-state index is 0.895. The molecule has 0 radical (unpaired) electrons. The zero-order valence-corrected chi connectivity index (χ0v) is 28.7. The van der Waals surface area contributed by atoms with Gasteiger partial charge in [0.25, 0.3) is 0 Å². The van der Waals surface area contributed by atoms with E-state index >= 15 is 0 Å². The van der Waals surface area contributed by atoms with Gasteiger partial charge in [-0.3, -0.25) is 0 Å². The van der Waals surface area contributed by atoms with Crippen LogP contribution in [0.5, 0.6) is 0 Å². The highest BCUT2D eigenvalue weighted by molar-refractivity contribution is 7.26. The number of furan rings is 1. The lowest BCUT2D eigenvalue weighted by Crippen LogP contribution is -1.93. The van der Waals surface area contributed by atoms with Crippen LogP contribution >= 0.6 is 11.3 Å². The first-order valence-corrected chi connectivity index (χ1v) is 18.5. The van der Waals surface area contributed by atoms with E-state index in [1.807, 2.05) is 11.3 Å². The molecule has 0 spiro atoms. The Morgan fingerprint density at radius 3 is 1.44 bits per heavy atom. The monoisotopic (exact) mass is 680 g/mol. The van der Waals surface area contributed by atoms with Crippen LogP contribution < -0.4 is 0 Å². The predicted molar refractivity (Wildman–Crippen MR) is 221 cm³/mol. The molecule has 0 saturated heterocycles. The Kier molecular flexibility index (Phi) is 5.65. The lowest BCUT2D eigenvalue weighted by atomic mass is 10.00. The molecule has 3 nitrogen and oxygen atoms in total. The number of hydrogen-bond donors (Lipinski definition) is 0. The summed E-state index contributed by atoms with van der Waals surface area (Å²) in [5.41, 5.74) is 11.3. The smallest absolute Gasteiger partial charge is 0.143 e. The molecule has 0 unspecified atom stereocenters. The highest BCUT2D eigenvalue weighted by atomic mass is 32.1. The van der Waals surface area contributed by atoms with Crippen molar-refractivity contribution >= 4 is 97.1 Å². The van der Waals surface area contributed by atoms with Crippen LogP contribution in [0.2, 0.25) is 0 Å². The summed E-state index contributed by atoms with van der Waals surface area (Å²) in [6.45, 7) is 0. The molecule has 0 saturated carbocycles. The van der Waals surface area contributed by atoms with Gasteiger partial charge in [-0.2, -0.15) is 0 Å². The van der Waals surface area contributed by atoms with Gasteiger partial charge < -0.3 is 13.6 Å². The molecule has 12 rings (SSSR count). The second-order valence-corrected chi connectivity index (χ2v) is 14.7. The van der Waals surface area contributed by atoms with Crippen molar-refractivity contribution in [3.63, 3.8) is 0 Å². The molecule has 0 aliphatic rings. The third-order valence-corrected chi connectivity index (χ3v) is 12.1. The summed E-state index contributed by atoms with van der Waals surface area (Å²) in [5.74, 6) is 0. The fourth-order valence-corrected chi connectivity index (χ4v) is 9.89. The minimum atomic E-state index is 0.895. The number of fused-ring (bicyclic) bond motifs is 12. The van der Waals surface area contributed by atoms with Gasteiger partial charge in [-0.15, -0.1) is 11.3 Å². The molecule has 4 aromatic heterocycles. The van der Waals surface area contributed by atoms with E-state index in [4.69, 9.17) is 4.42 Å². The standard InChI is InChI=1S/C48H28N2OS/c1-5-19-41-31(11-1)32-12-2-6-20-42(32)49(41)29-23-25-45-39(27-29)36-16-9-15-35(47(36)51-45)37-17-10-18-38-40-28-30(24-26-46(40)52-48(37)38)50-43-21-7-3-13-33(43)34-14-4-8-22-44(34)50/h1-28H. The van der Waals surface area contributed by atoms with E-state index in [-0.39, 0.29) is 0 Å². The maximum atomic E-state index is 6.75. The highest BCUT2D eigenvalue weighted by Gasteiger charge is 2.19. The largest absolute Gasteiger partial charge is 0.455 e. The molecular weight excluding hydrogens is 653 g/mol. The van der Waals surface area contributed by atoms with Crippen LogP contribution in [0.15, 0.2) is 174 Å². The summed E-state index contributed by atoms with van der Waals surface area (Å²) >= 11 is 1.86. The zero-order chi connectivity index (χ0) is 33.9. The topological polar surface area (TPSA) is 23.0 Å². The molecule has 4 heterocycles. The van der Waals surface area contributed by atoms with E-state index in [1.54, 1.807) is 0 Å². The van der Waals surface area contributed by atoms with Crippen molar-refractivity contribution in [2.24, 2.45) is 0 Å². The van der Waals surface area contributed by atoms with Crippen molar-refractivity contribution in [1.82, 2.24) is 9.13 Å². The molecular formula is C48H28N2OS. The number of benzene rings is 8. The number of aromatic nitrogens is 2. The van der Waals surface area contributed by atoms with Gasteiger partial charge in [0.05, 0.1) is 22.1 Å². The first-order chi connectivity index (χ1) is 25.8. The van der Waals surface area contributed by atoms with Crippen molar-refractivity contribution in [1.29, 1.82) is 0 Å². The van der Waals surface area contributed by atoms with Crippen LogP contribution in [0.3, 0.4) is 0 Å². The normalized spacial score (nSPS) is 12.2. The van der Waals surface area contributed by atoms with Crippen molar-refractivity contribution in [2.75, 3.05) is 0 Å². The minimum Gasteiger partial charge on any atom is -0.455 e. The maximum absolute atomic E-state index is 6.75. The predicted octanol–water partition coefficient (Wildman–Crippen LogP) is 13.8. The lowest BCUT2D eigenvalue weighted by molar-refractivity contribution is 0.670. The Morgan fingerprint density at radius 2 is 0.846 bits per heavy atom.